The first-order valence-electron chi connectivity index (χ1n) is 8.16. The Morgan fingerprint density at radius 3 is 2.46 bits per heavy atom. The molecule has 0 saturated carbocycles. The summed E-state index contributed by atoms with van der Waals surface area (Å²) < 4.78 is 1.89. The number of carbonyl (C=O) groups excluding carboxylic acids is 3. The number of imide groups is 1. The number of primary amides is 1. The van der Waals surface area contributed by atoms with E-state index in [4.69, 9.17) is 5.73 Å². The van der Waals surface area contributed by atoms with Crippen molar-refractivity contribution in [3.05, 3.63) is 62.3 Å². The first-order valence-corrected chi connectivity index (χ1v) is 8.98. The van der Waals surface area contributed by atoms with Gasteiger partial charge in [-0.25, -0.2) is 0 Å². The van der Waals surface area contributed by atoms with Crippen molar-refractivity contribution in [1.29, 1.82) is 0 Å². The van der Waals surface area contributed by atoms with E-state index in [1.165, 1.54) is 12.1 Å². The van der Waals surface area contributed by atoms with Crippen LogP contribution in [0.2, 0.25) is 0 Å². The van der Waals surface area contributed by atoms with Gasteiger partial charge >= 0.3 is 0 Å². The Hall–Kier alpha value is -3.40. The fourth-order valence-corrected chi connectivity index (χ4v) is 3.82. The molecule has 3 amide bonds. The van der Waals surface area contributed by atoms with Crippen molar-refractivity contribution < 1.29 is 19.3 Å². The second-order valence-electron chi connectivity index (χ2n) is 6.17. The number of non-ortho nitro benzene ring substituents is 1. The van der Waals surface area contributed by atoms with Crippen LogP contribution in [0.25, 0.3) is 11.8 Å². The maximum atomic E-state index is 12.4. The molecule has 2 heterocycles. The summed E-state index contributed by atoms with van der Waals surface area (Å²) >= 11 is 0.750. The van der Waals surface area contributed by atoms with E-state index in [-0.39, 0.29) is 10.6 Å². The summed E-state index contributed by atoms with van der Waals surface area (Å²) in [6, 6.07) is 7.97. The van der Waals surface area contributed by atoms with Crippen LogP contribution in [0.5, 0.6) is 0 Å². The van der Waals surface area contributed by atoms with Crippen molar-refractivity contribution in [2.75, 3.05) is 6.54 Å². The summed E-state index contributed by atoms with van der Waals surface area (Å²) in [7, 11) is 0. The highest BCUT2D eigenvalue weighted by molar-refractivity contribution is 8.18. The third kappa shape index (κ3) is 3.54. The van der Waals surface area contributed by atoms with Crippen LogP contribution in [0, 0.1) is 24.0 Å². The molecule has 1 aliphatic rings. The summed E-state index contributed by atoms with van der Waals surface area (Å²) in [4.78, 5) is 46.7. The molecule has 1 fully saturated rings. The first kappa shape index (κ1) is 19.4. The van der Waals surface area contributed by atoms with Gasteiger partial charge in [-0.1, -0.05) is 0 Å². The van der Waals surface area contributed by atoms with Gasteiger partial charge in [0.05, 0.1) is 9.83 Å². The number of aryl methyl sites for hydroxylation is 1. The van der Waals surface area contributed by atoms with Crippen molar-refractivity contribution in [1.82, 2.24) is 9.47 Å². The lowest BCUT2D eigenvalue weighted by molar-refractivity contribution is -0.384. The number of nitrogens with zero attached hydrogens (tertiary/aromatic N) is 3. The number of nitro groups is 1. The largest absolute Gasteiger partial charge is 0.368 e. The molecular weight excluding hydrogens is 384 g/mol. The van der Waals surface area contributed by atoms with Gasteiger partial charge in [-0.15, -0.1) is 0 Å². The Bertz CT molecular complexity index is 1040. The Kier molecular flexibility index (Phi) is 5.06. The van der Waals surface area contributed by atoms with Crippen LogP contribution in [-0.2, 0) is 9.59 Å². The van der Waals surface area contributed by atoms with Crippen LogP contribution in [0.1, 0.15) is 17.0 Å². The molecule has 2 N–H and O–H groups in total. The lowest BCUT2D eigenvalue weighted by Crippen LogP contribution is -2.36. The Morgan fingerprint density at radius 2 is 1.89 bits per heavy atom. The minimum Gasteiger partial charge on any atom is -0.368 e. The highest BCUT2D eigenvalue weighted by Gasteiger charge is 2.36. The number of nitro benzene ring substituents is 1. The summed E-state index contributed by atoms with van der Waals surface area (Å²) in [5.41, 5.74) is 8.19. The van der Waals surface area contributed by atoms with Crippen molar-refractivity contribution in [2.45, 2.75) is 13.8 Å². The molecule has 1 aliphatic heterocycles. The number of amides is 3. The third-order valence-corrected chi connectivity index (χ3v) is 5.17. The molecule has 28 heavy (non-hydrogen) atoms. The Balaban J connectivity index is 1.95. The normalized spacial score (nSPS) is 15.5. The predicted octanol–water partition coefficient (Wildman–Crippen LogP) is 2.52. The first-order chi connectivity index (χ1) is 13.2. The molecule has 0 unspecified atom stereocenters. The smallest absolute Gasteiger partial charge is 0.294 e. The van der Waals surface area contributed by atoms with Gasteiger partial charge in [0, 0.05) is 29.2 Å². The van der Waals surface area contributed by atoms with Crippen LogP contribution >= 0.6 is 11.8 Å². The van der Waals surface area contributed by atoms with E-state index in [2.05, 4.69) is 0 Å². The average molecular weight is 400 g/mol. The highest BCUT2D eigenvalue weighted by atomic mass is 32.2. The standard InChI is InChI=1S/C18H16N4O5S/c1-10-7-12(8-15-17(24)20(9-16(19)23)18(25)28-15)11(2)21(10)13-3-5-14(6-4-13)22(26)27/h3-8H,9H2,1-2H3,(H2,19,23)/b15-8-. The molecule has 0 aliphatic carbocycles. The van der Waals surface area contributed by atoms with Gasteiger partial charge in [-0.3, -0.25) is 29.4 Å². The van der Waals surface area contributed by atoms with Crippen LogP contribution in [0.3, 0.4) is 0 Å². The molecule has 0 spiro atoms. The van der Waals surface area contributed by atoms with E-state index >= 15 is 0 Å². The molecular formula is C18H16N4O5S. The molecule has 1 aromatic carbocycles. The van der Waals surface area contributed by atoms with E-state index in [1.54, 1.807) is 18.2 Å². The second kappa shape index (κ2) is 7.31. The fourth-order valence-electron chi connectivity index (χ4n) is 2.99. The minimum atomic E-state index is -0.764. The Labute approximate surface area is 163 Å². The van der Waals surface area contributed by atoms with Gasteiger partial charge in [0.25, 0.3) is 16.8 Å². The van der Waals surface area contributed by atoms with Crippen LogP contribution in [0.4, 0.5) is 10.5 Å². The molecule has 1 saturated heterocycles. The zero-order valence-corrected chi connectivity index (χ0v) is 15.9. The average Bonchev–Trinajstić information content (AvgIpc) is 3.05. The molecule has 0 bridgehead atoms. The zero-order valence-electron chi connectivity index (χ0n) is 15.0. The molecule has 10 heteroatoms. The number of hydrogen-bond acceptors (Lipinski definition) is 6. The van der Waals surface area contributed by atoms with E-state index < -0.39 is 28.5 Å². The predicted molar refractivity (Wildman–Crippen MR) is 104 cm³/mol. The maximum absolute atomic E-state index is 12.4. The zero-order chi connectivity index (χ0) is 20.6. The molecule has 0 radical (unpaired) electrons. The second-order valence-corrected chi connectivity index (χ2v) is 7.16. The van der Waals surface area contributed by atoms with Crippen molar-refractivity contribution in [3.8, 4) is 5.69 Å². The third-order valence-electron chi connectivity index (χ3n) is 4.26. The van der Waals surface area contributed by atoms with Gasteiger partial charge < -0.3 is 10.3 Å². The van der Waals surface area contributed by atoms with Crippen molar-refractivity contribution >= 4 is 40.6 Å². The number of hydrogen-bond donors (Lipinski definition) is 1. The van der Waals surface area contributed by atoms with Crippen LogP contribution in [-0.4, -0.2) is 38.0 Å². The molecule has 9 nitrogen and oxygen atoms in total. The molecule has 0 atom stereocenters. The van der Waals surface area contributed by atoms with Gasteiger partial charge in [0.2, 0.25) is 5.91 Å². The number of rotatable bonds is 5. The molecule has 2 aromatic rings. The SMILES string of the molecule is Cc1cc(/C=C2\SC(=O)N(CC(N)=O)C2=O)c(C)n1-c1ccc([N+](=O)[O-])cc1. The van der Waals surface area contributed by atoms with E-state index in [0.717, 1.165) is 39.3 Å². The lowest BCUT2D eigenvalue weighted by Gasteiger charge is -2.09. The topological polar surface area (TPSA) is 129 Å². The number of aromatic nitrogens is 1. The molecule has 1 aromatic heterocycles. The van der Waals surface area contributed by atoms with E-state index in [9.17, 15) is 24.5 Å². The van der Waals surface area contributed by atoms with Gasteiger partial charge in [-0.2, -0.15) is 0 Å². The van der Waals surface area contributed by atoms with E-state index in [0.29, 0.717) is 0 Å². The number of thioether (sulfide) groups is 1. The lowest BCUT2D eigenvalue weighted by atomic mass is 10.2. The van der Waals surface area contributed by atoms with Crippen LogP contribution in [0.15, 0.2) is 35.2 Å². The monoisotopic (exact) mass is 400 g/mol. The number of benzene rings is 1. The highest BCUT2D eigenvalue weighted by Crippen LogP contribution is 2.33. The van der Waals surface area contributed by atoms with Gasteiger partial charge in [0.15, 0.2) is 0 Å². The summed E-state index contributed by atoms with van der Waals surface area (Å²) in [6.45, 7) is 3.25. The van der Waals surface area contributed by atoms with Gasteiger partial charge in [0.1, 0.15) is 6.54 Å². The fraction of sp³-hybridized carbons (Fsp3) is 0.167. The number of carbonyl (C=O) groups is 3. The van der Waals surface area contributed by atoms with Gasteiger partial charge in [-0.05, 0) is 55.4 Å². The van der Waals surface area contributed by atoms with E-state index in [1.807, 2.05) is 24.5 Å². The van der Waals surface area contributed by atoms with Crippen LogP contribution < -0.4 is 5.73 Å². The molecule has 144 valence electrons. The minimum absolute atomic E-state index is 0.00504. The summed E-state index contributed by atoms with van der Waals surface area (Å²) in [5, 5.41) is 10.3. The summed E-state index contributed by atoms with van der Waals surface area (Å²) in [6.07, 6.45) is 1.59. The van der Waals surface area contributed by atoms with Crippen molar-refractivity contribution in [2.24, 2.45) is 5.73 Å². The Morgan fingerprint density at radius 1 is 1.25 bits per heavy atom. The summed E-state index contributed by atoms with van der Waals surface area (Å²) in [5.74, 6) is -1.33. The quantitative estimate of drug-likeness (QED) is 0.466. The maximum Gasteiger partial charge on any atom is 0.294 e. The molecule has 3 rings (SSSR count). The number of nitrogens with two attached hydrogens (primary N) is 1. The van der Waals surface area contributed by atoms with Crippen molar-refractivity contribution in [3.63, 3.8) is 0 Å².